The zero-order chi connectivity index (χ0) is 28.5. The van der Waals surface area contributed by atoms with Crippen LogP contribution in [0.25, 0.3) is 32.8 Å². The van der Waals surface area contributed by atoms with Crippen molar-refractivity contribution in [2.45, 2.75) is 19.8 Å². The Morgan fingerprint density at radius 2 is 1.71 bits per heavy atom. The summed E-state index contributed by atoms with van der Waals surface area (Å²) in [5, 5.41) is 9.51. The van der Waals surface area contributed by atoms with Crippen LogP contribution in [0.5, 0.6) is 0 Å². The Hall–Kier alpha value is -5.30. The summed E-state index contributed by atoms with van der Waals surface area (Å²) >= 11 is 0. The third-order valence-corrected chi connectivity index (χ3v) is 7.31. The van der Waals surface area contributed by atoms with Crippen molar-refractivity contribution in [3.63, 3.8) is 0 Å². The number of amides is 1. The number of aromatic nitrogens is 2. The molecule has 0 unspecified atom stereocenters. The van der Waals surface area contributed by atoms with Gasteiger partial charge in [-0.15, -0.1) is 5.10 Å². The Kier molecular flexibility index (Phi) is 6.77. The van der Waals surface area contributed by atoms with Gasteiger partial charge in [0.15, 0.2) is 5.82 Å². The first kappa shape index (κ1) is 26.0. The number of carbonyl (C=O) groups is 2. The molecule has 3 N–H and O–H groups in total. The van der Waals surface area contributed by atoms with Crippen LogP contribution < -0.4 is 11.1 Å². The summed E-state index contributed by atoms with van der Waals surface area (Å²) in [5.41, 5.74) is 11.2. The summed E-state index contributed by atoms with van der Waals surface area (Å²) in [6.45, 7) is 1.67. The minimum absolute atomic E-state index is 0.129. The van der Waals surface area contributed by atoms with Gasteiger partial charge < -0.3 is 11.1 Å². The minimum Gasteiger partial charge on any atom is -0.382 e. The van der Waals surface area contributed by atoms with Gasteiger partial charge in [0, 0.05) is 17.7 Å². The number of nitrogens with zero attached hydrogens (tertiary/aromatic N) is 2. The van der Waals surface area contributed by atoms with Gasteiger partial charge in [-0.1, -0.05) is 72.8 Å². The van der Waals surface area contributed by atoms with Gasteiger partial charge in [0.05, 0.1) is 10.9 Å². The lowest BCUT2D eigenvalue weighted by Gasteiger charge is -2.11. The van der Waals surface area contributed by atoms with Crippen molar-refractivity contribution in [3.8, 4) is 11.1 Å². The number of nitrogens with two attached hydrogens (primary N) is 1. The Morgan fingerprint density at radius 3 is 2.51 bits per heavy atom. The molecule has 1 heterocycles. The predicted molar refractivity (Wildman–Crippen MR) is 162 cm³/mol. The fourth-order valence-electron chi connectivity index (χ4n) is 5.15. The number of hydrogen-bond acceptors (Lipinski definition) is 4. The molecule has 41 heavy (non-hydrogen) atoms. The smallest absolute Gasteiger partial charge is 0.256 e. The van der Waals surface area contributed by atoms with Crippen molar-refractivity contribution in [2.24, 2.45) is 0 Å². The van der Waals surface area contributed by atoms with Gasteiger partial charge in [0.1, 0.15) is 5.82 Å². The fourth-order valence-corrected chi connectivity index (χ4v) is 5.15. The Balaban J connectivity index is 1.32. The average molecular weight is 543 g/mol. The number of hydrogen-bond donors (Lipinski definition) is 2. The molecule has 0 aliphatic carbocycles. The maximum Gasteiger partial charge on any atom is 0.256 e. The number of halogens is 1. The predicted octanol–water partition coefficient (Wildman–Crippen LogP) is 7.41. The van der Waals surface area contributed by atoms with Gasteiger partial charge in [-0.2, -0.15) is 4.68 Å². The molecule has 0 fully saturated rings. The van der Waals surface area contributed by atoms with Gasteiger partial charge >= 0.3 is 0 Å². The molecule has 0 saturated carbocycles. The van der Waals surface area contributed by atoms with Crippen LogP contribution in [-0.4, -0.2) is 21.6 Å². The first-order chi connectivity index (χ1) is 19.9. The molecular weight excluding hydrogens is 515 g/mol. The van der Waals surface area contributed by atoms with Crippen LogP contribution in [0.4, 0.5) is 15.9 Å². The third kappa shape index (κ3) is 5.05. The van der Waals surface area contributed by atoms with E-state index in [0.29, 0.717) is 40.6 Å². The minimum atomic E-state index is -0.375. The van der Waals surface area contributed by atoms with Crippen LogP contribution in [0, 0.1) is 12.7 Å². The van der Waals surface area contributed by atoms with E-state index in [1.807, 2.05) is 78.9 Å². The summed E-state index contributed by atoms with van der Waals surface area (Å²) in [5.74, 6) is -0.550. The lowest BCUT2D eigenvalue weighted by atomic mass is 9.96. The maximum absolute atomic E-state index is 14.0. The molecule has 6 rings (SSSR count). The standard InChI is InChI=1S/C34H27FN4O2/c1-21-13-16-25(20-29(21)35)37-34(41)28-11-5-9-23-19-24(15-17-26(23)28)27-10-6-12-30-32(27)33(36)38-39(30)31(40)18-14-22-7-3-2-4-8-22/h2-13,15-17,19-20H,14,18H2,1H3,(H2,36,38)(H,37,41). The molecule has 1 amide bonds. The number of anilines is 2. The van der Waals surface area contributed by atoms with Crippen LogP contribution in [0.3, 0.4) is 0 Å². The third-order valence-electron chi connectivity index (χ3n) is 7.31. The Labute approximate surface area is 236 Å². The van der Waals surface area contributed by atoms with Gasteiger partial charge in [-0.05, 0) is 76.7 Å². The van der Waals surface area contributed by atoms with Gasteiger partial charge in [-0.3, -0.25) is 9.59 Å². The molecule has 0 bridgehead atoms. The quantitative estimate of drug-likeness (QED) is 0.229. The lowest BCUT2D eigenvalue weighted by Crippen LogP contribution is -2.13. The summed E-state index contributed by atoms with van der Waals surface area (Å²) < 4.78 is 15.4. The largest absolute Gasteiger partial charge is 0.382 e. The van der Waals surface area contributed by atoms with Gasteiger partial charge in [0.25, 0.3) is 5.91 Å². The molecule has 0 saturated heterocycles. The molecule has 7 heteroatoms. The molecule has 1 aromatic heterocycles. The van der Waals surface area contributed by atoms with E-state index in [1.54, 1.807) is 25.1 Å². The highest BCUT2D eigenvalue weighted by Crippen LogP contribution is 2.35. The Bertz CT molecular complexity index is 1950. The first-order valence-corrected chi connectivity index (χ1v) is 13.3. The van der Waals surface area contributed by atoms with Crippen molar-refractivity contribution in [2.75, 3.05) is 11.1 Å². The number of rotatable bonds is 6. The SMILES string of the molecule is Cc1ccc(NC(=O)c2cccc3cc(-c4cccc5c4c(N)nn5C(=O)CCc4ccccc4)ccc23)cc1F. The van der Waals surface area contributed by atoms with E-state index in [0.717, 1.165) is 27.5 Å². The fraction of sp³-hybridized carbons (Fsp3) is 0.0882. The zero-order valence-electron chi connectivity index (χ0n) is 22.4. The van der Waals surface area contributed by atoms with E-state index >= 15 is 0 Å². The second-order valence-electron chi connectivity index (χ2n) is 10.0. The molecule has 0 aliphatic heterocycles. The van der Waals surface area contributed by atoms with Gasteiger partial charge in [0.2, 0.25) is 5.91 Å². The summed E-state index contributed by atoms with van der Waals surface area (Å²) in [7, 11) is 0. The van der Waals surface area contributed by atoms with E-state index in [2.05, 4.69) is 10.4 Å². The monoisotopic (exact) mass is 542 g/mol. The summed E-state index contributed by atoms with van der Waals surface area (Å²) in [4.78, 5) is 26.2. The highest BCUT2D eigenvalue weighted by Gasteiger charge is 2.18. The molecule has 6 nitrogen and oxygen atoms in total. The zero-order valence-corrected chi connectivity index (χ0v) is 22.4. The van der Waals surface area contributed by atoms with E-state index in [-0.39, 0.29) is 23.4 Å². The topological polar surface area (TPSA) is 90.0 Å². The van der Waals surface area contributed by atoms with E-state index < -0.39 is 0 Å². The van der Waals surface area contributed by atoms with Crippen molar-refractivity contribution in [3.05, 3.63) is 126 Å². The van der Waals surface area contributed by atoms with Crippen molar-refractivity contribution in [1.29, 1.82) is 0 Å². The van der Waals surface area contributed by atoms with Crippen LogP contribution in [0.15, 0.2) is 103 Å². The highest BCUT2D eigenvalue weighted by molar-refractivity contribution is 6.14. The van der Waals surface area contributed by atoms with Gasteiger partial charge in [-0.25, -0.2) is 4.39 Å². The van der Waals surface area contributed by atoms with Crippen molar-refractivity contribution >= 4 is 45.0 Å². The maximum atomic E-state index is 14.0. The first-order valence-electron chi connectivity index (χ1n) is 13.3. The van der Waals surface area contributed by atoms with Crippen LogP contribution in [0.2, 0.25) is 0 Å². The second kappa shape index (κ2) is 10.7. The van der Waals surface area contributed by atoms with E-state index in [4.69, 9.17) is 5.73 Å². The van der Waals surface area contributed by atoms with E-state index in [1.165, 1.54) is 10.7 Å². The highest BCUT2D eigenvalue weighted by atomic mass is 19.1. The molecule has 0 spiro atoms. The molecular formula is C34H27FN4O2. The molecule has 0 radical (unpaired) electrons. The molecule has 5 aromatic carbocycles. The molecule has 0 aliphatic rings. The summed E-state index contributed by atoms with van der Waals surface area (Å²) in [6, 6.07) is 31.4. The number of benzene rings is 5. The van der Waals surface area contributed by atoms with Crippen LogP contribution in [0.1, 0.15) is 32.7 Å². The average Bonchev–Trinajstić information content (AvgIpc) is 3.34. The second-order valence-corrected chi connectivity index (χ2v) is 10.0. The normalized spacial score (nSPS) is 11.2. The molecule has 202 valence electrons. The van der Waals surface area contributed by atoms with E-state index in [9.17, 15) is 14.0 Å². The molecule has 6 aromatic rings. The lowest BCUT2D eigenvalue weighted by molar-refractivity contribution is 0.0892. The Morgan fingerprint density at radius 1 is 0.902 bits per heavy atom. The van der Waals surface area contributed by atoms with Crippen molar-refractivity contribution < 1.29 is 14.0 Å². The number of nitrogens with one attached hydrogen (secondary N) is 1. The van der Waals surface area contributed by atoms with Crippen molar-refractivity contribution in [1.82, 2.24) is 9.78 Å². The number of carbonyl (C=O) groups excluding carboxylic acids is 2. The number of fused-ring (bicyclic) bond motifs is 2. The van der Waals surface area contributed by atoms with Crippen LogP contribution >= 0.6 is 0 Å². The molecule has 0 atom stereocenters. The summed E-state index contributed by atoms with van der Waals surface area (Å²) in [6.07, 6.45) is 0.917. The van der Waals surface area contributed by atoms with Crippen LogP contribution in [-0.2, 0) is 6.42 Å². The number of aryl methyl sites for hydroxylation is 2. The number of nitrogen functional groups attached to an aromatic ring is 1.